The number of aryl methyl sites for hydroxylation is 1. The van der Waals surface area contributed by atoms with Gasteiger partial charge in [0.1, 0.15) is 21.9 Å². The number of halogens is 4. The average molecular weight is 440 g/mol. The van der Waals surface area contributed by atoms with Crippen molar-refractivity contribution in [1.82, 2.24) is 14.7 Å². The number of thiophene rings is 1. The Balaban J connectivity index is 1.62. The van der Waals surface area contributed by atoms with Crippen molar-refractivity contribution in [3.8, 4) is 0 Å². The summed E-state index contributed by atoms with van der Waals surface area (Å²) in [6.45, 7) is 4.45. The van der Waals surface area contributed by atoms with Crippen LogP contribution in [0.15, 0.2) is 24.5 Å². The number of amides is 1. The number of anilines is 1. The van der Waals surface area contributed by atoms with E-state index in [1.165, 1.54) is 22.9 Å². The molecule has 0 aromatic carbocycles. The van der Waals surface area contributed by atoms with Crippen LogP contribution in [0.4, 0.5) is 23.2 Å². The molecule has 10 heteroatoms. The summed E-state index contributed by atoms with van der Waals surface area (Å²) in [4.78, 5) is 17.2. The first-order valence-electron chi connectivity index (χ1n) is 9.52. The van der Waals surface area contributed by atoms with Crippen LogP contribution in [0.5, 0.6) is 0 Å². The second kappa shape index (κ2) is 7.66. The van der Waals surface area contributed by atoms with Crippen molar-refractivity contribution >= 4 is 28.6 Å². The van der Waals surface area contributed by atoms with Gasteiger partial charge in [-0.3, -0.25) is 4.79 Å². The third-order valence-corrected chi connectivity index (χ3v) is 6.44. The molecule has 1 fully saturated rings. The minimum absolute atomic E-state index is 0.0814. The molecule has 1 amide bonds. The Morgan fingerprint density at radius 3 is 2.80 bits per heavy atom. The maximum Gasteiger partial charge on any atom is 0.420 e. The number of hydrogen-bond acceptors (Lipinski definition) is 4. The fourth-order valence-corrected chi connectivity index (χ4v) is 4.90. The van der Waals surface area contributed by atoms with E-state index in [0.717, 1.165) is 41.7 Å². The van der Waals surface area contributed by atoms with Crippen LogP contribution in [-0.4, -0.2) is 27.9 Å². The normalized spacial score (nSPS) is 19.9. The number of rotatable bonds is 3. The number of nitrogens with zero attached hydrogens (tertiary/aromatic N) is 2. The van der Waals surface area contributed by atoms with Crippen LogP contribution in [-0.2, 0) is 6.18 Å². The molecule has 0 bridgehead atoms. The molecule has 3 aromatic heterocycles. The molecule has 1 aliphatic heterocycles. The number of nitrogens with one attached hydrogen (secondary N) is 2. The molecule has 4 heterocycles. The second-order valence-corrected chi connectivity index (χ2v) is 8.69. The van der Waals surface area contributed by atoms with E-state index in [-0.39, 0.29) is 22.1 Å². The lowest BCUT2D eigenvalue weighted by Crippen LogP contribution is -2.34. The Morgan fingerprint density at radius 1 is 1.33 bits per heavy atom. The zero-order valence-corrected chi connectivity index (χ0v) is 17.1. The maximum atomic E-state index is 14.5. The smallest absolute Gasteiger partial charge is 0.320 e. The monoisotopic (exact) mass is 440 g/mol. The SMILES string of the molecule is Cc1cn2cc(NC(=O)c3sc([C@@H]4CCN[C@H](C)C4)cc3F)cc(C(F)(F)F)c2n1. The summed E-state index contributed by atoms with van der Waals surface area (Å²) in [6, 6.07) is 2.49. The highest BCUT2D eigenvalue weighted by atomic mass is 32.1. The zero-order chi connectivity index (χ0) is 21.6. The largest absolute Gasteiger partial charge is 0.420 e. The number of carbonyl (C=O) groups excluding carboxylic acids is 1. The molecule has 30 heavy (non-hydrogen) atoms. The molecule has 1 saturated heterocycles. The standard InChI is InChI=1S/C20H20F4N4OS/c1-10-5-12(3-4-25-10)16-7-15(21)17(30-16)19(29)27-13-6-14(20(22,23)24)18-26-11(2)8-28(18)9-13/h6-10,12,25H,3-5H2,1-2H3,(H,27,29)/t10-,12-/m1/s1. The summed E-state index contributed by atoms with van der Waals surface area (Å²) >= 11 is 1.06. The second-order valence-electron chi connectivity index (χ2n) is 7.61. The van der Waals surface area contributed by atoms with Crippen molar-refractivity contribution < 1.29 is 22.4 Å². The van der Waals surface area contributed by atoms with E-state index < -0.39 is 23.5 Å². The number of pyridine rings is 1. The first-order chi connectivity index (χ1) is 14.1. The third kappa shape index (κ3) is 4.06. The Labute approximate surface area is 174 Å². The first kappa shape index (κ1) is 20.8. The quantitative estimate of drug-likeness (QED) is 0.566. The van der Waals surface area contributed by atoms with Gasteiger partial charge in [0, 0.05) is 23.3 Å². The van der Waals surface area contributed by atoms with E-state index in [0.29, 0.717) is 11.7 Å². The molecule has 0 spiro atoms. The number of carbonyl (C=O) groups is 1. The lowest BCUT2D eigenvalue weighted by Gasteiger charge is -2.27. The lowest BCUT2D eigenvalue weighted by atomic mass is 9.92. The van der Waals surface area contributed by atoms with Crippen LogP contribution in [0.1, 0.15) is 51.5 Å². The summed E-state index contributed by atoms with van der Waals surface area (Å²) in [7, 11) is 0. The Hall–Kier alpha value is -2.46. The van der Waals surface area contributed by atoms with Gasteiger partial charge in [0.2, 0.25) is 0 Å². The molecule has 4 rings (SSSR count). The summed E-state index contributed by atoms with van der Waals surface area (Å²) in [5.41, 5.74) is -0.886. The van der Waals surface area contributed by atoms with Gasteiger partial charge in [-0.05, 0) is 51.3 Å². The van der Waals surface area contributed by atoms with Gasteiger partial charge in [-0.15, -0.1) is 11.3 Å². The number of fused-ring (bicyclic) bond motifs is 1. The number of imidazole rings is 1. The molecule has 160 valence electrons. The summed E-state index contributed by atoms with van der Waals surface area (Å²) in [6.07, 6.45) is -0.192. The van der Waals surface area contributed by atoms with Crippen LogP contribution in [0.3, 0.4) is 0 Å². The highest BCUT2D eigenvalue weighted by Crippen LogP contribution is 2.36. The van der Waals surface area contributed by atoms with Crippen molar-refractivity contribution in [2.75, 3.05) is 11.9 Å². The molecule has 2 atom stereocenters. The van der Waals surface area contributed by atoms with Crippen LogP contribution >= 0.6 is 11.3 Å². The number of piperidine rings is 1. The van der Waals surface area contributed by atoms with E-state index in [1.807, 2.05) is 0 Å². The predicted octanol–water partition coefficient (Wildman–Crippen LogP) is 4.97. The molecule has 1 aliphatic rings. The maximum absolute atomic E-state index is 14.5. The summed E-state index contributed by atoms with van der Waals surface area (Å²) in [5, 5.41) is 5.73. The van der Waals surface area contributed by atoms with Crippen LogP contribution in [0.2, 0.25) is 0 Å². The van der Waals surface area contributed by atoms with E-state index >= 15 is 0 Å². The Kier molecular flexibility index (Phi) is 5.31. The molecule has 0 saturated carbocycles. The van der Waals surface area contributed by atoms with Crippen LogP contribution < -0.4 is 10.6 Å². The summed E-state index contributed by atoms with van der Waals surface area (Å²) in [5.74, 6) is -1.27. The molecule has 0 radical (unpaired) electrons. The van der Waals surface area contributed by atoms with Gasteiger partial charge in [0.25, 0.3) is 5.91 Å². The van der Waals surface area contributed by atoms with Gasteiger partial charge in [-0.1, -0.05) is 0 Å². The van der Waals surface area contributed by atoms with Gasteiger partial charge < -0.3 is 15.0 Å². The molecule has 0 unspecified atom stereocenters. The highest BCUT2D eigenvalue weighted by molar-refractivity contribution is 7.14. The average Bonchev–Trinajstić information content (AvgIpc) is 3.22. The van der Waals surface area contributed by atoms with Gasteiger partial charge in [-0.2, -0.15) is 13.2 Å². The van der Waals surface area contributed by atoms with Crippen LogP contribution in [0, 0.1) is 12.7 Å². The Morgan fingerprint density at radius 2 is 2.10 bits per heavy atom. The predicted molar refractivity (Wildman–Crippen MR) is 107 cm³/mol. The van der Waals surface area contributed by atoms with Gasteiger partial charge in [0.05, 0.1) is 11.4 Å². The molecule has 2 N–H and O–H groups in total. The van der Waals surface area contributed by atoms with E-state index in [4.69, 9.17) is 0 Å². The number of hydrogen-bond donors (Lipinski definition) is 2. The molecular formula is C20H20F4N4OS. The van der Waals surface area contributed by atoms with Crippen molar-refractivity contribution in [2.45, 2.75) is 44.8 Å². The fraction of sp³-hybridized carbons (Fsp3) is 0.400. The summed E-state index contributed by atoms with van der Waals surface area (Å²) < 4.78 is 56.0. The minimum Gasteiger partial charge on any atom is -0.320 e. The van der Waals surface area contributed by atoms with E-state index in [2.05, 4.69) is 22.5 Å². The van der Waals surface area contributed by atoms with Gasteiger partial charge in [0.15, 0.2) is 0 Å². The lowest BCUT2D eigenvalue weighted by molar-refractivity contribution is -0.136. The Bertz CT molecular complexity index is 1100. The van der Waals surface area contributed by atoms with Crippen molar-refractivity contribution in [2.24, 2.45) is 0 Å². The molecular weight excluding hydrogens is 420 g/mol. The number of alkyl halides is 3. The molecule has 3 aromatic rings. The van der Waals surface area contributed by atoms with Crippen molar-refractivity contribution in [1.29, 1.82) is 0 Å². The minimum atomic E-state index is -4.65. The van der Waals surface area contributed by atoms with Crippen molar-refractivity contribution in [3.63, 3.8) is 0 Å². The third-order valence-electron chi connectivity index (χ3n) is 5.17. The fourth-order valence-electron chi connectivity index (χ4n) is 3.82. The highest BCUT2D eigenvalue weighted by Gasteiger charge is 2.35. The van der Waals surface area contributed by atoms with E-state index in [1.54, 1.807) is 6.92 Å². The van der Waals surface area contributed by atoms with Crippen molar-refractivity contribution in [3.05, 3.63) is 51.4 Å². The van der Waals surface area contributed by atoms with Gasteiger partial charge >= 0.3 is 6.18 Å². The number of aromatic nitrogens is 2. The first-order valence-corrected chi connectivity index (χ1v) is 10.3. The topological polar surface area (TPSA) is 58.4 Å². The zero-order valence-electron chi connectivity index (χ0n) is 16.3. The molecule has 0 aliphatic carbocycles. The molecule has 5 nitrogen and oxygen atoms in total. The van der Waals surface area contributed by atoms with Gasteiger partial charge in [-0.25, -0.2) is 9.37 Å². The van der Waals surface area contributed by atoms with E-state index in [9.17, 15) is 22.4 Å². The van der Waals surface area contributed by atoms with Crippen LogP contribution in [0.25, 0.3) is 5.65 Å².